The van der Waals surface area contributed by atoms with Crippen LogP contribution in [0.4, 0.5) is 0 Å². The number of nitrogens with one attached hydrogen (secondary N) is 1. The van der Waals surface area contributed by atoms with Crippen molar-refractivity contribution in [1.29, 1.82) is 0 Å². The van der Waals surface area contributed by atoms with Gasteiger partial charge in [-0.3, -0.25) is 9.69 Å². The number of amides is 1. The summed E-state index contributed by atoms with van der Waals surface area (Å²) >= 11 is 5.95. The smallest absolute Gasteiger partial charge is 0.223 e. The first-order valence-electron chi connectivity index (χ1n) is 10.3. The van der Waals surface area contributed by atoms with Crippen LogP contribution < -0.4 is 5.32 Å². The Balaban J connectivity index is 1.28. The van der Waals surface area contributed by atoms with E-state index >= 15 is 0 Å². The molecule has 2 saturated heterocycles. The minimum absolute atomic E-state index is 0.176. The lowest BCUT2D eigenvalue weighted by Gasteiger charge is -2.32. The zero-order chi connectivity index (χ0) is 19.1. The van der Waals surface area contributed by atoms with Crippen molar-refractivity contribution >= 4 is 17.5 Å². The summed E-state index contributed by atoms with van der Waals surface area (Å²) in [4.78, 5) is 19.7. The molecule has 0 unspecified atom stereocenters. The van der Waals surface area contributed by atoms with Crippen molar-refractivity contribution in [2.45, 2.75) is 25.8 Å². The summed E-state index contributed by atoms with van der Waals surface area (Å²) in [5, 5.41) is 3.94. The van der Waals surface area contributed by atoms with Gasteiger partial charge in [-0.2, -0.15) is 0 Å². The largest absolute Gasteiger partial charge is 0.356 e. The molecular weight excluding hydrogens is 360 g/mol. The maximum atomic E-state index is 12.4. The molecule has 1 aromatic carbocycles. The molecule has 150 valence electrons. The number of piperidine rings is 1. The van der Waals surface area contributed by atoms with Crippen molar-refractivity contribution in [3.63, 3.8) is 0 Å². The molecule has 0 aliphatic carbocycles. The van der Waals surface area contributed by atoms with Crippen LogP contribution in [0.3, 0.4) is 0 Å². The predicted octanol–water partition coefficient (Wildman–Crippen LogP) is 2.31. The van der Waals surface area contributed by atoms with Crippen LogP contribution in [0.1, 0.15) is 24.8 Å². The zero-order valence-corrected chi connectivity index (χ0v) is 17.3. The lowest BCUT2D eigenvalue weighted by atomic mass is 9.95. The maximum absolute atomic E-state index is 12.4. The summed E-state index contributed by atoms with van der Waals surface area (Å²) in [6.45, 7) is 9.42. The topological polar surface area (TPSA) is 38.8 Å². The van der Waals surface area contributed by atoms with E-state index in [2.05, 4.69) is 39.2 Å². The molecule has 6 heteroatoms. The molecular formula is C21H33ClN4O. The number of halogens is 1. The molecule has 2 heterocycles. The van der Waals surface area contributed by atoms with E-state index in [9.17, 15) is 4.79 Å². The number of nitrogens with zero attached hydrogens (tertiary/aromatic N) is 3. The number of carbonyl (C=O) groups is 1. The normalized spacial score (nSPS) is 20.7. The fourth-order valence-electron chi connectivity index (χ4n) is 3.93. The molecule has 3 rings (SSSR count). The SMILES string of the molecule is CN1CCN(CCCNC(=O)C2CCN(Cc3ccc(Cl)cc3)CC2)CC1. The summed E-state index contributed by atoms with van der Waals surface area (Å²) in [6, 6.07) is 8.06. The molecule has 1 aromatic rings. The van der Waals surface area contributed by atoms with E-state index in [0.717, 1.165) is 83.2 Å². The van der Waals surface area contributed by atoms with Crippen LogP contribution >= 0.6 is 11.6 Å². The number of carbonyl (C=O) groups excluding carboxylic acids is 1. The highest BCUT2D eigenvalue weighted by Crippen LogP contribution is 2.20. The van der Waals surface area contributed by atoms with Crippen LogP contribution in [0, 0.1) is 5.92 Å². The Hall–Kier alpha value is -1.14. The highest BCUT2D eigenvalue weighted by molar-refractivity contribution is 6.30. The first-order chi connectivity index (χ1) is 13.1. The van der Waals surface area contributed by atoms with Crippen LogP contribution in [0.2, 0.25) is 5.02 Å². The average molecular weight is 393 g/mol. The Bertz CT molecular complexity index is 578. The second kappa shape index (κ2) is 10.4. The molecule has 27 heavy (non-hydrogen) atoms. The van der Waals surface area contributed by atoms with Gasteiger partial charge in [-0.25, -0.2) is 0 Å². The van der Waals surface area contributed by atoms with Gasteiger partial charge in [0.2, 0.25) is 5.91 Å². The van der Waals surface area contributed by atoms with Crippen molar-refractivity contribution in [2.24, 2.45) is 5.92 Å². The summed E-state index contributed by atoms with van der Waals surface area (Å²) < 4.78 is 0. The Morgan fingerprint density at radius 3 is 2.37 bits per heavy atom. The van der Waals surface area contributed by atoms with Crippen molar-refractivity contribution in [2.75, 3.05) is 59.4 Å². The molecule has 2 aliphatic rings. The molecule has 0 bridgehead atoms. The van der Waals surface area contributed by atoms with E-state index in [0.29, 0.717) is 0 Å². The van der Waals surface area contributed by atoms with Gasteiger partial charge >= 0.3 is 0 Å². The summed E-state index contributed by atoms with van der Waals surface area (Å²) in [6.07, 6.45) is 2.96. The van der Waals surface area contributed by atoms with Gasteiger partial charge in [-0.05, 0) is 63.6 Å². The van der Waals surface area contributed by atoms with E-state index in [1.807, 2.05) is 12.1 Å². The number of likely N-dealkylation sites (tertiary alicyclic amines) is 1. The van der Waals surface area contributed by atoms with Gasteiger partial charge in [0.1, 0.15) is 0 Å². The van der Waals surface area contributed by atoms with Crippen molar-refractivity contribution < 1.29 is 4.79 Å². The van der Waals surface area contributed by atoms with Crippen LogP contribution in [0.5, 0.6) is 0 Å². The number of benzene rings is 1. The number of hydrogen-bond donors (Lipinski definition) is 1. The average Bonchev–Trinajstić information content (AvgIpc) is 2.69. The number of hydrogen-bond acceptors (Lipinski definition) is 4. The molecule has 0 radical (unpaired) electrons. The first kappa shape index (κ1) is 20.6. The van der Waals surface area contributed by atoms with Crippen LogP contribution in [-0.2, 0) is 11.3 Å². The number of likely N-dealkylation sites (N-methyl/N-ethyl adjacent to an activating group) is 1. The third-order valence-electron chi connectivity index (χ3n) is 5.82. The molecule has 1 amide bonds. The monoisotopic (exact) mass is 392 g/mol. The van der Waals surface area contributed by atoms with Gasteiger partial charge in [-0.15, -0.1) is 0 Å². The van der Waals surface area contributed by atoms with Gasteiger partial charge < -0.3 is 15.1 Å². The number of piperazine rings is 1. The van der Waals surface area contributed by atoms with Crippen molar-refractivity contribution in [3.05, 3.63) is 34.9 Å². The summed E-state index contributed by atoms with van der Waals surface area (Å²) in [5.41, 5.74) is 1.28. The molecule has 0 saturated carbocycles. The van der Waals surface area contributed by atoms with E-state index in [1.54, 1.807) is 0 Å². The highest BCUT2D eigenvalue weighted by atomic mass is 35.5. The van der Waals surface area contributed by atoms with Crippen molar-refractivity contribution in [3.8, 4) is 0 Å². The molecule has 0 spiro atoms. The maximum Gasteiger partial charge on any atom is 0.223 e. The Morgan fingerprint density at radius 1 is 1.04 bits per heavy atom. The molecule has 2 fully saturated rings. The van der Waals surface area contributed by atoms with Crippen LogP contribution in [0.15, 0.2) is 24.3 Å². The second-order valence-corrected chi connectivity index (χ2v) is 8.40. The standard InChI is InChI=1S/C21H33ClN4O/c1-24-13-15-25(16-14-24)10-2-9-23-21(27)19-7-11-26(12-8-19)17-18-3-5-20(22)6-4-18/h3-6,19H,2,7-17H2,1H3,(H,23,27). The van der Waals surface area contributed by atoms with Crippen molar-refractivity contribution in [1.82, 2.24) is 20.0 Å². The Kier molecular flexibility index (Phi) is 7.94. The van der Waals surface area contributed by atoms with E-state index in [4.69, 9.17) is 11.6 Å². The molecule has 5 nitrogen and oxygen atoms in total. The van der Waals surface area contributed by atoms with Gasteiger partial charge in [0.25, 0.3) is 0 Å². The van der Waals surface area contributed by atoms with Crippen LogP contribution in [-0.4, -0.2) is 80.0 Å². The highest BCUT2D eigenvalue weighted by Gasteiger charge is 2.24. The fraction of sp³-hybridized carbons (Fsp3) is 0.667. The van der Waals surface area contributed by atoms with Gasteiger partial charge in [-0.1, -0.05) is 23.7 Å². The quantitative estimate of drug-likeness (QED) is 0.723. The van der Waals surface area contributed by atoms with E-state index < -0.39 is 0 Å². The number of rotatable bonds is 7. The summed E-state index contributed by atoms with van der Waals surface area (Å²) in [5.74, 6) is 0.426. The second-order valence-electron chi connectivity index (χ2n) is 7.97. The molecule has 0 atom stereocenters. The van der Waals surface area contributed by atoms with E-state index in [1.165, 1.54) is 5.56 Å². The molecule has 0 aromatic heterocycles. The minimum atomic E-state index is 0.176. The Labute approximate surface area is 168 Å². The molecule has 2 aliphatic heterocycles. The third-order valence-corrected chi connectivity index (χ3v) is 6.08. The van der Waals surface area contributed by atoms with E-state index in [-0.39, 0.29) is 11.8 Å². The Morgan fingerprint density at radius 2 is 1.70 bits per heavy atom. The lowest BCUT2D eigenvalue weighted by molar-refractivity contribution is -0.126. The summed E-state index contributed by atoms with van der Waals surface area (Å²) in [7, 11) is 2.18. The minimum Gasteiger partial charge on any atom is -0.356 e. The zero-order valence-electron chi connectivity index (χ0n) is 16.5. The molecule has 1 N–H and O–H groups in total. The first-order valence-corrected chi connectivity index (χ1v) is 10.6. The van der Waals surface area contributed by atoms with Crippen LogP contribution in [0.25, 0.3) is 0 Å². The lowest BCUT2D eigenvalue weighted by Crippen LogP contribution is -2.45. The van der Waals surface area contributed by atoms with Gasteiger partial charge in [0.15, 0.2) is 0 Å². The third kappa shape index (κ3) is 6.75. The predicted molar refractivity (Wildman–Crippen MR) is 111 cm³/mol. The fourth-order valence-corrected chi connectivity index (χ4v) is 4.06. The van der Waals surface area contributed by atoms with Gasteiger partial charge in [0.05, 0.1) is 0 Å². The van der Waals surface area contributed by atoms with Gasteiger partial charge in [0, 0.05) is 50.2 Å².